The van der Waals surface area contributed by atoms with Crippen LogP contribution in [0.25, 0.3) is 0 Å². The number of amides is 2. The number of benzene rings is 1. The molecule has 7 nitrogen and oxygen atoms in total. The number of carbonyl (C=O) groups excluding carboxylic acids is 2. The van der Waals surface area contributed by atoms with Gasteiger partial charge in [-0.05, 0) is 55.7 Å². The van der Waals surface area contributed by atoms with Crippen molar-refractivity contribution >= 4 is 11.8 Å². The van der Waals surface area contributed by atoms with E-state index in [9.17, 15) is 9.59 Å². The molecular formula is C30H38N4O3. The average molecular weight is 503 g/mol. The molecule has 2 aromatic rings. The Morgan fingerprint density at radius 2 is 1.81 bits per heavy atom. The monoisotopic (exact) mass is 502 g/mol. The summed E-state index contributed by atoms with van der Waals surface area (Å²) < 4.78 is 5.60. The second-order valence-electron chi connectivity index (χ2n) is 10.7. The first-order valence-corrected chi connectivity index (χ1v) is 13.6. The molecule has 37 heavy (non-hydrogen) atoms. The van der Waals surface area contributed by atoms with Gasteiger partial charge in [0.15, 0.2) is 0 Å². The molecular weight excluding hydrogens is 464 g/mol. The Balaban J connectivity index is 1.37. The SMILES string of the molecule is O=C1N[C@@H]2CCN(Cc3ccccn3)C[C@H]2C/C=C/CC2(CCOCC2)C(=O)N[C@H]1Cc1ccccc1. The number of pyridine rings is 1. The highest BCUT2D eigenvalue weighted by molar-refractivity contribution is 5.90. The van der Waals surface area contributed by atoms with Gasteiger partial charge in [-0.3, -0.25) is 19.5 Å². The van der Waals surface area contributed by atoms with E-state index in [2.05, 4.69) is 38.7 Å². The molecule has 1 spiro atoms. The maximum Gasteiger partial charge on any atom is 0.243 e. The van der Waals surface area contributed by atoms with Gasteiger partial charge in [-0.25, -0.2) is 0 Å². The first-order chi connectivity index (χ1) is 18.1. The van der Waals surface area contributed by atoms with Crippen molar-refractivity contribution in [1.82, 2.24) is 20.5 Å². The molecule has 3 aliphatic heterocycles. The molecule has 1 aromatic carbocycles. The molecule has 2 fully saturated rings. The highest BCUT2D eigenvalue weighted by atomic mass is 16.5. The van der Waals surface area contributed by atoms with Crippen LogP contribution in [-0.2, 0) is 27.3 Å². The van der Waals surface area contributed by atoms with E-state index in [1.165, 1.54) is 0 Å². The Morgan fingerprint density at radius 1 is 1.00 bits per heavy atom. The van der Waals surface area contributed by atoms with Crippen LogP contribution in [0.3, 0.4) is 0 Å². The van der Waals surface area contributed by atoms with E-state index in [0.29, 0.717) is 44.8 Å². The van der Waals surface area contributed by atoms with Crippen molar-refractivity contribution in [2.45, 2.75) is 57.2 Å². The van der Waals surface area contributed by atoms with E-state index in [0.717, 1.165) is 43.7 Å². The highest BCUT2D eigenvalue weighted by Crippen LogP contribution is 2.36. The quantitative estimate of drug-likeness (QED) is 0.627. The Morgan fingerprint density at radius 3 is 2.59 bits per heavy atom. The molecule has 196 valence electrons. The number of nitrogens with zero attached hydrogens (tertiary/aromatic N) is 2. The number of rotatable bonds is 4. The number of hydrogen-bond donors (Lipinski definition) is 2. The lowest BCUT2D eigenvalue weighted by Crippen LogP contribution is -2.58. The van der Waals surface area contributed by atoms with Gasteiger partial charge in [-0.2, -0.15) is 0 Å². The minimum Gasteiger partial charge on any atom is -0.381 e. The standard InChI is InChI=1S/C30H38N4O3/c35-28-27(20-23-8-2-1-3-9-23)33-29(36)30(14-18-37-19-15-30)13-6-4-10-24-21-34(17-12-26(24)32-28)22-25-11-5-7-16-31-25/h1-9,11,16,24,26-27H,10,12-15,17-22H2,(H,32,35)(H,33,36)/b6-4+/t24-,26-,27+/m1/s1. The Kier molecular flexibility index (Phi) is 8.31. The second kappa shape index (κ2) is 12.0. The number of likely N-dealkylation sites (tertiary alicyclic amines) is 1. The molecule has 3 atom stereocenters. The summed E-state index contributed by atoms with van der Waals surface area (Å²) in [5.74, 6) is 0.187. The molecule has 2 saturated heterocycles. The van der Waals surface area contributed by atoms with Gasteiger partial charge >= 0.3 is 0 Å². The van der Waals surface area contributed by atoms with Crippen LogP contribution in [0.2, 0.25) is 0 Å². The largest absolute Gasteiger partial charge is 0.381 e. The van der Waals surface area contributed by atoms with E-state index in [-0.39, 0.29) is 17.9 Å². The smallest absolute Gasteiger partial charge is 0.243 e. The molecule has 2 N–H and O–H groups in total. The molecule has 0 bridgehead atoms. The van der Waals surface area contributed by atoms with Gasteiger partial charge < -0.3 is 15.4 Å². The number of nitrogens with one attached hydrogen (secondary N) is 2. The normalized spacial score (nSPS) is 27.7. The van der Waals surface area contributed by atoms with Crippen molar-refractivity contribution < 1.29 is 14.3 Å². The fourth-order valence-corrected chi connectivity index (χ4v) is 5.92. The van der Waals surface area contributed by atoms with Crippen molar-refractivity contribution in [1.29, 1.82) is 0 Å². The van der Waals surface area contributed by atoms with Crippen LogP contribution in [-0.4, -0.2) is 60.1 Å². The van der Waals surface area contributed by atoms with Crippen LogP contribution < -0.4 is 10.6 Å². The number of fused-ring (bicyclic) bond motifs is 1. The lowest BCUT2D eigenvalue weighted by atomic mass is 9.75. The van der Waals surface area contributed by atoms with E-state index in [4.69, 9.17) is 4.74 Å². The fourth-order valence-electron chi connectivity index (χ4n) is 5.92. The topological polar surface area (TPSA) is 83.6 Å². The van der Waals surface area contributed by atoms with Crippen molar-refractivity contribution in [3.05, 3.63) is 78.1 Å². The van der Waals surface area contributed by atoms with E-state index in [1.807, 2.05) is 48.7 Å². The first kappa shape index (κ1) is 25.6. The summed E-state index contributed by atoms with van der Waals surface area (Å²) >= 11 is 0. The molecule has 0 unspecified atom stereocenters. The summed E-state index contributed by atoms with van der Waals surface area (Å²) in [5.41, 5.74) is 1.58. The minimum atomic E-state index is -0.606. The van der Waals surface area contributed by atoms with E-state index < -0.39 is 11.5 Å². The van der Waals surface area contributed by atoms with Gasteiger partial charge in [-0.15, -0.1) is 0 Å². The van der Waals surface area contributed by atoms with Gasteiger partial charge in [0, 0.05) is 51.5 Å². The van der Waals surface area contributed by atoms with Gasteiger partial charge in [-0.1, -0.05) is 48.6 Å². The summed E-state index contributed by atoms with van der Waals surface area (Å²) in [7, 11) is 0. The fraction of sp³-hybridized carbons (Fsp3) is 0.500. The lowest BCUT2D eigenvalue weighted by molar-refractivity contribution is -0.140. The van der Waals surface area contributed by atoms with Crippen LogP contribution in [0.5, 0.6) is 0 Å². The minimum absolute atomic E-state index is 0.0289. The van der Waals surface area contributed by atoms with Crippen LogP contribution in [0.4, 0.5) is 0 Å². The molecule has 0 saturated carbocycles. The molecule has 7 heteroatoms. The number of allylic oxidation sites excluding steroid dienone is 2. The Hall–Kier alpha value is -3.03. The number of piperidine rings is 1. The molecule has 4 heterocycles. The Labute approximate surface area is 219 Å². The first-order valence-electron chi connectivity index (χ1n) is 13.6. The summed E-state index contributed by atoms with van der Waals surface area (Å²) in [6, 6.07) is 15.5. The average Bonchev–Trinajstić information content (AvgIpc) is 2.93. The predicted molar refractivity (Wildman–Crippen MR) is 142 cm³/mol. The van der Waals surface area contributed by atoms with Crippen LogP contribution in [0.1, 0.15) is 43.4 Å². The van der Waals surface area contributed by atoms with Crippen molar-refractivity contribution in [2.24, 2.45) is 11.3 Å². The van der Waals surface area contributed by atoms with Gasteiger partial charge in [0.1, 0.15) is 6.04 Å². The summed E-state index contributed by atoms with van der Waals surface area (Å²) in [6.07, 6.45) is 10.5. The van der Waals surface area contributed by atoms with Crippen molar-refractivity contribution in [3.8, 4) is 0 Å². The second-order valence-corrected chi connectivity index (χ2v) is 10.7. The Bertz CT molecular complexity index is 1070. The third kappa shape index (κ3) is 6.46. The number of carbonyl (C=O) groups is 2. The zero-order chi connectivity index (χ0) is 25.5. The van der Waals surface area contributed by atoms with Gasteiger partial charge in [0.2, 0.25) is 11.8 Å². The highest BCUT2D eigenvalue weighted by Gasteiger charge is 2.41. The summed E-state index contributed by atoms with van der Waals surface area (Å²) in [4.78, 5) is 34.3. The number of aromatic nitrogens is 1. The van der Waals surface area contributed by atoms with Crippen molar-refractivity contribution in [3.63, 3.8) is 0 Å². The maximum atomic E-state index is 13.7. The van der Waals surface area contributed by atoms with E-state index in [1.54, 1.807) is 0 Å². The predicted octanol–water partition coefficient (Wildman–Crippen LogP) is 3.26. The molecule has 2 amide bonds. The van der Waals surface area contributed by atoms with Crippen LogP contribution in [0.15, 0.2) is 66.9 Å². The van der Waals surface area contributed by atoms with E-state index >= 15 is 0 Å². The van der Waals surface area contributed by atoms with Gasteiger partial charge in [0.05, 0.1) is 11.1 Å². The zero-order valence-corrected chi connectivity index (χ0v) is 21.5. The number of ether oxygens (including phenoxy) is 1. The number of hydrogen-bond acceptors (Lipinski definition) is 5. The molecule has 3 aliphatic rings. The van der Waals surface area contributed by atoms with Crippen LogP contribution in [0, 0.1) is 11.3 Å². The maximum absolute atomic E-state index is 13.7. The van der Waals surface area contributed by atoms with Crippen LogP contribution >= 0.6 is 0 Å². The summed E-state index contributed by atoms with van der Waals surface area (Å²) in [5, 5.41) is 6.52. The third-order valence-electron chi connectivity index (χ3n) is 8.21. The molecule has 1 aromatic heterocycles. The molecule has 5 rings (SSSR count). The summed E-state index contributed by atoms with van der Waals surface area (Å²) in [6.45, 7) is 3.77. The van der Waals surface area contributed by atoms with Gasteiger partial charge in [0.25, 0.3) is 0 Å². The molecule has 0 radical (unpaired) electrons. The zero-order valence-electron chi connectivity index (χ0n) is 21.5. The molecule has 0 aliphatic carbocycles. The van der Waals surface area contributed by atoms with Crippen molar-refractivity contribution in [2.75, 3.05) is 26.3 Å². The lowest BCUT2D eigenvalue weighted by Gasteiger charge is -2.40. The third-order valence-corrected chi connectivity index (χ3v) is 8.21.